The van der Waals surface area contributed by atoms with Gasteiger partial charge in [0.1, 0.15) is 12.1 Å². The van der Waals surface area contributed by atoms with Crippen LogP contribution in [0.4, 0.5) is 0 Å². The number of nitrogens with zero attached hydrogens (tertiary/aromatic N) is 4. The Morgan fingerprint density at radius 1 is 1.47 bits per heavy atom. The van der Waals surface area contributed by atoms with E-state index in [4.69, 9.17) is 0 Å². The summed E-state index contributed by atoms with van der Waals surface area (Å²) in [7, 11) is 3.64. The molecule has 6 nitrogen and oxygen atoms in total. The molecule has 0 aliphatic rings. The van der Waals surface area contributed by atoms with Crippen LogP contribution in [-0.2, 0) is 0 Å². The number of pyridine rings is 1. The molecule has 0 radical (unpaired) electrons. The number of carbonyl (C=O) groups excluding carboxylic acids is 1. The number of imidazole rings is 1. The van der Waals surface area contributed by atoms with E-state index < -0.39 is 0 Å². The molecule has 100 valence electrons. The van der Waals surface area contributed by atoms with E-state index in [0.717, 1.165) is 12.4 Å². The van der Waals surface area contributed by atoms with Crippen molar-refractivity contribution in [1.29, 1.82) is 0 Å². The van der Waals surface area contributed by atoms with E-state index in [1.807, 2.05) is 13.2 Å². The van der Waals surface area contributed by atoms with Gasteiger partial charge in [0.15, 0.2) is 0 Å². The van der Waals surface area contributed by atoms with E-state index in [1.54, 1.807) is 47.4 Å². The minimum Gasteiger partial charge on any atom is -0.340 e. The van der Waals surface area contributed by atoms with Crippen LogP contribution in [0.25, 0.3) is 5.82 Å². The fraction of sp³-hybridized carbons (Fsp3) is 0.308. The van der Waals surface area contributed by atoms with Gasteiger partial charge in [0, 0.05) is 38.7 Å². The molecular formula is C13H17N5O. The first-order chi connectivity index (χ1) is 9.22. The molecule has 0 aromatic carbocycles. The SMILES string of the molecule is CNCCN(C)C(=O)c1ccc(-n2ccnc2)nc1. The fourth-order valence-corrected chi connectivity index (χ4v) is 1.66. The summed E-state index contributed by atoms with van der Waals surface area (Å²) in [4.78, 5) is 22.0. The Hall–Kier alpha value is -2.21. The van der Waals surface area contributed by atoms with Gasteiger partial charge in [-0.25, -0.2) is 9.97 Å². The van der Waals surface area contributed by atoms with Crippen LogP contribution in [0.3, 0.4) is 0 Å². The molecule has 0 aliphatic carbocycles. The number of likely N-dealkylation sites (N-methyl/N-ethyl adjacent to an activating group) is 2. The first-order valence-electron chi connectivity index (χ1n) is 6.07. The fourth-order valence-electron chi connectivity index (χ4n) is 1.66. The Morgan fingerprint density at radius 2 is 2.32 bits per heavy atom. The van der Waals surface area contributed by atoms with Gasteiger partial charge >= 0.3 is 0 Å². The first-order valence-corrected chi connectivity index (χ1v) is 6.07. The minimum atomic E-state index is -0.0278. The molecular weight excluding hydrogens is 242 g/mol. The number of hydrogen-bond acceptors (Lipinski definition) is 4. The normalized spacial score (nSPS) is 10.4. The first kappa shape index (κ1) is 13.2. The number of hydrogen-bond donors (Lipinski definition) is 1. The molecule has 1 amide bonds. The zero-order chi connectivity index (χ0) is 13.7. The van der Waals surface area contributed by atoms with Gasteiger partial charge in [0.2, 0.25) is 0 Å². The average Bonchev–Trinajstić information content (AvgIpc) is 2.98. The van der Waals surface area contributed by atoms with Crippen molar-refractivity contribution in [3.05, 3.63) is 42.6 Å². The third kappa shape index (κ3) is 3.17. The molecule has 0 unspecified atom stereocenters. The van der Waals surface area contributed by atoms with Gasteiger partial charge in [-0.3, -0.25) is 9.36 Å². The summed E-state index contributed by atoms with van der Waals surface area (Å²) in [6.45, 7) is 1.43. The molecule has 2 aromatic heterocycles. The van der Waals surface area contributed by atoms with Crippen LogP contribution in [-0.4, -0.2) is 52.5 Å². The van der Waals surface area contributed by atoms with Crippen LogP contribution in [0.1, 0.15) is 10.4 Å². The second-order valence-corrected chi connectivity index (χ2v) is 4.21. The van der Waals surface area contributed by atoms with Crippen LogP contribution in [0, 0.1) is 0 Å². The number of rotatable bonds is 5. The lowest BCUT2D eigenvalue weighted by Gasteiger charge is -2.16. The van der Waals surface area contributed by atoms with Crippen molar-refractivity contribution in [3.63, 3.8) is 0 Å². The Balaban J connectivity index is 2.08. The Kier molecular flexibility index (Phi) is 4.25. The molecule has 19 heavy (non-hydrogen) atoms. The van der Waals surface area contributed by atoms with Gasteiger partial charge in [-0.2, -0.15) is 0 Å². The highest BCUT2D eigenvalue weighted by Crippen LogP contribution is 2.07. The molecule has 0 fully saturated rings. The third-order valence-corrected chi connectivity index (χ3v) is 2.81. The quantitative estimate of drug-likeness (QED) is 0.852. The smallest absolute Gasteiger partial charge is 0.255 e. The molecule has 0 saturated carbocycles. The van der Waals surface area contributed by atoms with Gasteiger partial charge in [-0.15, -0.1) is 0 Å². The summed E-state index contributed by atoms with van der Waals surface area (Å²) < 4.78 is 1.79. The Morgan fingerprint density at radius 3 is 2.89 bits per heavy atom. The van der Waals surface area contributed by atoms with E-state index in [9.17, 15) is 4.79 Å². The van der Waals surface area contributed by atoms with E-state index in [-0.39, 0.29) is 5.91 Å². The van der Waals surface area contributed by atoms with Crippen molar-refractivity contribution in [2.75, 3.05) is 27.2 Å². The molecule has 2 rings (SSSR count). The van der Waals surface area contributed by atoms with Crippen molar-refractivity contribution >= 4 is 5.91 Å². The second kappa shape index (κ2) is 6.10. The largest absolute Gasteiger partial charge is 0.340 e. The van der Waals surface area contributed by atoms with Crippen LogP contribution in [0.2, 0.25) is 0 Å². The lowest BCUT2D eigenvalue weighted by atomic mass is 10.2. The monoisotopic (exact) mass is 259 g/mol. The van der Waals surface area contributed by atoms with Crippen molar-refractivity contribution < 1.29 is 4.79 Å². The molecule has 1 N–H and O–H groups in total. The highest BCUT2D eigenvalue weighted by atomic mass is 16.2. The van der Waals surface area contributed by atoms with Crippen molar-refractivity contribution in [1.82, 2.24) is 24.8 Å². The van der Waals surface area contributed by atoms with Crippen LogP contribution < -0.4 is 5.32 Å². The van der Waals surface area contributed by atoms with E-state index in [1.165, 1.54) is 0 Å². The average molecular weight is 259 g/mol. The van der Waals surface area contributed by atoms with Gasteiger partial charge in [-0.05, 0) is 19.2 Å². The lowest BCUT2D eigenvalue weighted by molar-refractivity contribution is 0.0796. The van der Waals surface area contributed by atoms with Gasteiger partial charge < -0.3 is 10.2 Å². The summed E-state index contributed by atoms with van der Waals surface area (Å²) in [5.41, 5.74) is 0.586. The summed E-state index contributed by atoms with van der Waals surface area (Å²) in [5, 5.41) is 3.01. The predicted octanol–water partition coefficient (Wildman–Crippen LogP) is 0.559. The molecule has 6 heteroatoms. The minimum absolute atomic E-state index is 0.0278. The van der Waals surface area contributed by atoms with Crippen molar-refractivity contribution in [2.45, 2.75) is 0 Å². The maximum absolute atomic E-state index is 12.1. The molecule has 0 atom stereocenters. The van der Waals surface area contributed by atoms with Crippen molar-refractivity contribution in [2.24, 2.45) is 0 Å². The van der Waals surface area contributed by atoms with E-state index in [2.05, 4.69) is 15.3 Å². The predicted molar refractivity (Wildman–Crippen MR) is 72.2 cm³/mol. The van der Waals surface area contributed by atoms with Crippen LogP contribution in [0.15, 0.2) is 37.1 Å². The van der Waals surface area contributed by atoms with Crippen LogP contribution in [0.5, 0.6) is 0 Å². The summed E-state index contributed by atoms with van der Waals surface area (Å²) >= 11 is 0. The number of amides is 1. The summed E-state index contributed by atoms with van der Waals surface area (Å²) in [6, 6.07) is 3.58. The molecule has 0 aliphatic heterocycles. The number of carbonyl (C=O) groups is 1. The molecule has 0 spiro atoms. The maximum Gasteiger partial charge on any atom is 0.255 e. The summed E-state index contributed by atoms with van der Waals surface area (Å²) in [5.74, 6) is 0.715. The van der Waals surface area contributed by atoms with Crippen molar-refractivity contribution in [3.8, 4) is 5.82 Å². The Labute approximate surface area is 112 Å². The molecule has 2 aromatic rings. The zero-order valence-corrected chi connectivity index (χ0v) is 11.1. The summed E-state index contributed by atoms with van der Waals surface area (Å²) in [6.07, 6.45) is 6.76. The number of aromatic nitrogens is 3. The zero-order valence-electron chi connectivity index (χ0n) is 11.1. The molecule has 0 saturated heterocycles. The highest BCUT2D eigenvalue weighted by molar-refractivity contribution is 5.93. The number of nitrogens with one attached hydrogen (secondary N) is 1. The van der Waals surface area contributed by atoms with Crippen LogP contribution >= 0.6 is 0 Å². The van der Waals surface area contributed by atoms with Gasteiger partial charge in [0.05, 0.1) is 5.56 Å². The molecule has 2 heterocycles. The standard InChI is InChI=1S/C13H17N5O/c1-14-5-7-17(2)13(19)11-3-4-12(16-9-11)18-8-6-15-10-18/h3-4,6,8-10,14H,5,7H2,1-2H3. The van der Waals surface area contributed by atoms with Gasteiger partial charge in [-0.1, -0.05) is 0 Å². The Bertz CT molecular complexity index is 520. The molecule has 0 bridgehead atoms. The van der Waals surface area contributed by atoms with E-state index >= 15 is 0 Å². The van der Waals surface area contributed by atoms with E-state index in [0.29, 0.717) is 12.1 Å². The lowest BCUT2D eigenvalue weighted by Crippen LogP contribution is -2.32. The maximum atomic E-state index is 12.1. The third-order valence-electron chi connectivity index (χ3n) is 2.81. The second-order valence-electron chi connectivity index (χ2n) is 4.21. The van der Waals surface area contributed by atoms with Gasteiger partial charge in [0.25, 0.3) is 5.91 Å². The highest BCUT2D eigenvalue weighted by Gasteiger charge is 2.11. The topological polar surface area (TPSA) is 63.1 Å².